The molecule has 16 heavy (non-hydrogen) atoms. The van der Waals surface area contributed by atoms with Gasteiger partial charge in [-0.25, -0.2) is 0 Å². The van der Waals surface area contributed by atoms with Crippen LogP contribution in [-0.2, 0) is 0 Å². The fourth-order valence-electron chi connectivity index (χ4n) is 2.44. The minimum Gasteiger partial charge on any atom is -0.351 e. The molecule has 1 aromatic rings. The van der Waals surface area contributed by atoms with E-state index in [9.17, 15) is 0 Å². The molecule has 0 amide bonds. The maximum atomic E-state index is 5.86. The maximum Gasteiger partial charge on any atom is 0.151 e. The fourth-order valence-corrected chi connectivity index (χ4v) is 2.44. The summed E-state index contributed by atoms with van der Waals surface area (Å²) in [6, 6.07) is 4.46. The molecule has 88 valence electrons. The largest absolute Gasteiger partial charge is 0.351 e. The van der Waals surface area contributed by atoms with E-state index in [1.54, 1.807) is 0 Å². The van der Waals surface area contributed by atoms with E-state index in [1.165, 1.54) is 12.8 Å². The van der Waals surface area contributed by atoms with Crippen molar-refractivity contribution in [2.24, 2.45) is 11.7 Å². The van der Waals surface area contributed by atoms with Crippen molar-refractivity contribution in [2.45, 2.75) is 32.7 Å². The molecule has 1 aromatic heterocycles. The van der Waals surface area contributed by atoms with Crippen molar-refractivity contribution in [3.05, 3.63) is 17.8 Å². The van der Waals surface area contributed by atoms with Gasteiger partial charge in [0.25, 0.3) is 0 Å². The lowest BCUT2D eigenvalue weighted by molar-refractivity contribution is 0.347. The summed E-state index contributed by atoms with van der Waals surface area (Å²) >= 11 is 0. The number of hydrogen-bond acceptors (Lipinski definition) is 4. The quantitative estimate of drug-likeness (QED) is 0.817. The number of hydrogen-bond donors (Lipinski definition) is 1. The Balaban J connectivity index is 2.20. The average Bonchev–Trinajstić information content (AvgIpc) is 2.30. The molecule has 1 fully saturated rings. The Morgan fingerprint density at radius 1 is 1.44 bits per heavy atom. The molecule has 1 aliphatic heterocycles. The van der Waals surface area contributed by atoms with Crippen LogP contribution in [0.15, 0.2) is 12.1 Å². The van der Waals surface area contributed by atoms with E-state index in [2.05, 4.69) is 22.0 Å². The van der Waals surface area contributed by atoms with Crippen molar-refractivity contribution in [3.63, 3.8) is 0 Å². The van der Waals surface area contributed by atoms with E-state index in [4.69, 9.17) is 5.73 Å². The Morgan fingerprint density at radius 2 is 2.25 bits per heavy atom. The van der Waals surface area contributed by atoms with Crippen LogP contribution < -0.4 is 10.6 Å². The van der Waals surface area contributed by atoms with Gasteiger partial charge in [-0.15, -0.1) is 5.10 Å². The summed E-state index contributed by atoms with van der Waals surface area (Å²) in [4.78, 5) is 2.31. The van der Waals surface area contributed by atoms with Gasteiger partial charge in [-0.2, -0.15) is 5.10 Å². The van der Waals surface area contributed by atoms with E-state index in [1.807, 2.05) is 19.1 Å². The SMILES string of the molecule is Cc1ccc(N2CCCC(C)C2CN)nn1. The fraction of sp³-hybridized carbons (Fsp3) is 0.667. The predicted octanol–water partition coefficient (Wildman–Crippen LogP) is 1.35. The van der Waals surface area contributed by atoms with Crippen molar-refractivity contribution < 1.29 is 0 Å². The molecule has 0 aromatic carbocycles. The van der Waals surface area contributed by atoms with Crippen molar-refractivity contribution in [1.29, 1.82) is 0 Å². The molecule has 2 atom stereocenters. The first-order chi connectivity index (χ1) is 7.72. The zero-order valence-corrected chi connectivity index (χ0v) is 10.1. The van der Waals surface area contributed by atoms with Gasteiger partial charge in [0.1, 0.15) is 0 Å². The first-order valence-corrected chi connectivity index (χ1v) is 5.99. The molecule has 0 saturated carbocycles. The van der Waals surface area contributed by atoms with Gasteiger partial charge in [0, 0.05) is 19.1 Å². The Bertz CT molecular complexity index is 335. The van der Waals surface area contributed by atoms with Crippen LogP contribution in [0.25, 0.3) is 0 Å². The van der Waals surface area contributed by atoms with Gasteiger partial charge in [0.2, 0.25) is 0 Å². The molecule has 1 saturated heterocycles. The third-order valence-corrected chi connectivity index (χ3v) is 3.44. The normalized spacial score (nSPS) is 25.8. The van der Waals surface area contributed by atoms with Gasteiger partial charge in [-0.1, -0.05) is 6.92 Å². The van der Waals surface area contributed by atoms with Crippen LogP contribution >= 0.6 is 0 Å². The highest BCUT2D eigenvalue weighted by Crippen LogP contribution is 2.26. The third kappa shape index (κ3) is 2.16. The smallest absolute Gasteiger partial charge is 0.151 e. The van der Waals surface area contributed by atoms with Crippen molar-refractivity contribution >= 4 is 5.82 Å². The van der Waals surface area contributed by atoms with Crippen LogP contribution in [0.3, 0.4) is 0 Å². The number of anilines is 1. The molecule has 4 heteroatoms. The molecule has 2 heterocycles. The number of aryl methyl sites for hydroxylation is 1. The Kier molecular flexibility index (Phi) is 3.39. The molecule has 0 radical (unpaired) electrons. The minimum atomic E-state index is 0.408. The highest BCUT2D eigenvalue weighted by atomic mass is 15.3. The van der Waals surface area contributed by atoms with E-state index in [0.29, 0.717) is 18.5 Å². The van der Waals surface area contributed by atoms with Crippen molar-refractivity contribution in [2.75, 3.05) is 18.0 Å². The number of aromatic nitrogens is 2. The topological polar surface area (TPSA) is 55.0 Å². The molecular formula is C12H20N4. The average molecular weight is 220 g/mol. The number of rotatable bonds is 2. The van der Waals surface area contributed by atoms with Gasteiger partial charge in [-0.3, -0.25) is 0 Å². The van der Waals surface area contributed by atoms with Crippen LogP contribution in [0.5, 0.6) is 0 Å². The Morgan fingerprint density at radius 3 is 2.88 bits per heavy atom. The van der Waals surface area contributed by atoms with E-state index >= 15 is 0 Å². The van der Waals surface area contributed by atoms with Crippen LogP contribution in [0.4, 0.5) is 5.82 Å². The molecule has 0 aliphatic carbocycles. The van der Waals surface area contributed by atoms with Gasteiger partial charge >= 0.3 is 0 Å². The zero-order valence-electron chi connectivity index (χ0n) is 10.1. The van der Waals surface area contributed by atoms with Crippen molar-refractivity contribution in [1.82, 2.24) is 10.2 Å². The lowest BCUT2D eigenvalue weighted by atomic mass is 9.91. The lowest BCUT2D eigenvalue weighted by Gasteiger charge is -2.40. The molecule has 0 bridgehead atoms. The number of piperidine rings is 1. The molecular weight excluding hydrogens is 200 g/mol. The summed E-state index contributed by atoms with van der Waals surface area (Å²) in [5, 5.41) is 8.37. The lowest BCUT2D eigenvalue weighted by Crippen LogP contribution is -2.49. The van der Waals surface area contributed by atoms with Crippen LogP contribution in [-0.4, -0.2) is 29.3 Å². The first kappa shape index (κ1) is 11.3. The molecule has 1 aliphatic rings. The molecule has 0 spiro atoms. The molecule has 2 N–H and O–H groups in total. The highest BCUT2D eigenvalue weighted by Gasteiger charge is 2.28. The summed E-state index contributed by atoms with van der Waals surface area (Å²) < 4.78 is 0. The summed E-state index contributed by atoms with van der Waals surface area (Å²) in [5.41, 5.74) is 6.82. The highest BCUT2D eigenvalue weighted by molar-refractivity contribution is 5.39. The number of nitrogens with two attached hydrogens (primary N) is 1. The minimum absolute atomic E-state index is 0.408. The summed E-state index contributed by atoms with van der Waals surface area (Å²) in [7, 11) is 0. The van der Waals surface area contributed by atoms with Crippen molar-refractivity contribution in [3.8, 4) is 0 Å². The molecule has 4 nitrogen and oxygen atoms in total. The second kappa shape index (κ2) is 4.78. The monoisotopic (exact) mass is 220 g/mol. The number of nitrogens with zero attached hydrogens (tertiary/aromatic N) is 3. The first-order valence-electron chi connectivity index (χ1n) is 5.99. The predicted molar refractivity (Wildman–Crippen MR) is 65.4 cm³/mol. The summed E-state index contributed by atoms with van der Waals surface area (Å²) in [6.07, 6.45) is 2.48. The molecule has 2 unspecified atom stereocenters. The van der Waals surface area contributed by atoms with Gasteiger partial charge in [-0.05, 0) is 37.8 Å². The van der Waals surface area contributed by atoms with Gasteiger partial charge in [0.05, 0.1) is 5.69 Å². The Labute approximate surface area is 96.9 Å². The van der Waals surface area contributed by atoms with E-state index in [-0.39, 0.29) is 0 Å². The zero-order chi connectivity index (χ0) is 11.5. The van der Waals surface area contributed by atoms with E-state index in [0.717, 1.165) is 18.1 Å². The third-order valence-electron chi connectivity index (χ3n) is 3.44. The van der Waals surface area contributed by atoms with Crippen LogP contribution in [0.2, 0.25) is 0 Å². The van der Waals surface area contributed by atoms with Gasteiger partial charge < -0.3 is 10.6 Å². The molecule has 2 rings (SSSR count). The van der Waals surface area contributed by atoms with E-state index < -0.39 is 0 Å². The van der Waals surface area contributed by atoms with Crippen LogP contribution in [0.1, 0.15) is 25.5 Å². The van der Waals surface area contributed by atoms with Crippen LogP contribution in [0, 0.1) is 12.8 Å². The van der Waals surface area contributed by atoms with Gasteiger partial charge in [0.15, 0.2) is 5.82 Å². The standard InChI is InChI=1S/C12H20N4/c1-9-4-3-7-16(11(9)8-13)12-6-5-10(2)14-15-12/h5-6,9,11H,3-4,7-8,13H2,1-2H3. The Hall–Kier alpha value is -1.16. The second-order valence-electron chi connectivity index (χ2n) is 4.65. The maximum absolute atomic E-state index is 5.86. The summed E-state index contributed by atoms with van der Waals surface area (Å²) in [6.45, 7) is 5.96. The second-order valence-corrected chi connectivity index (χ2v) is 4.65. The summed E-state index contributed by atoms with van der Waals surface area (Å²) in [5.74, 6) is 1.61.